The van der Waals surface area contributed by atoms with Crippen molar-refractivity contribution in [1.29, 1.82) is 0 Å². The predicted octanol–water partition coefficient (Wildman–Crippen LogP) is 5.06. The summed E-state index contributed by atoms with van der Waals surface area (Å²) in [7, 11) is 0. The molecule has 0 aromatic heterocycles. The molecule has 24 heavy (non-hydrogen) atoms. The summed E-state index contributed by atoms with van der Waals surface area (Å²) in [5, 5.41) is 0. The molecule has 4 heteroatoms. The number of rotatable bonds is 8. The van der Waals surface area contributed by atoms with Crippen molar-refractivity contribution in [2.24, 2.45) is 10.8 Å². The summed E-state index contributed by atoms with van der Waals surface area (Å²) in [5.74, 6) is -0.469. The fourth-order valence-corrected chi connectivity index (χ4v) is 1.51. The van der Waals surface area contributed by atoms with Gasteiger partial charge >= 0.3 is 11.9 Å². The second-order valence-corrected chi connectivity index (χ2v) is 8.79. The highest BCUT2D eigenvalue weighted by Crippen LogP contribution is 2.28. The number of esters is 2. The van der Waals surface area contributed by atoms with Crippen LogP contribution >= 0.6 is 0 Å². The van der Waals surface area contributed by atoms with Crippen LogP contribution in [0.15, 0.2) is 12.2 Å². The number of hydrogen-bond acceptors (Lipinski definition) is 4. The van der Waals surface area contributed by atoms with E-state index in [9.17, 15) is 9.59 Å². The average molecular weight is 341 g/mol. The first-order chi connectivity index (χ1) is 10.6. The molecule has 0 aliphatic heterocycles. The molecule has 0 fully saturated rings. The number of carbonyl (C=O) groups is 2. The Morgan fingerprint density at radius 2 is 0.917 bits per heavy atom. The average Bonchev–Trinajstić information content (AvgIpc) is 2.44. The predicted molar refractivity (Wildman–Crippen MR) is 97.6 cm³/mol. The van der Waals surface area contributed by atoms with Gasteiger partial charge in [0.1, 0.15) is 11.2 Å². The van der Waals surface area contributed by atoms with E-state index < -0.39 is 22.0 Å². The summed E-state index contributed by atoms with van der Waals surface area (Å²) < 4.78 is 11.2. The number of ether oxygens (including phenoxy) is 2. The molecule has 4 nitrogen and oxygen atoms in total. The molecule has 0 bridgehead atoms. The quantitative estimate of drug-likeness (QED) is 0.458. The van der Waals surface area contributed by atoms with Gasteiger partial charge in [-0.1, -0.05) is 13.8 Å². The van der Waals surface area contributed by atoms with Crippen LogP contribution in [-0.2, 0) is 19.1 Å². The molecule has 0 saturated heterocycles. The SMILES string of the molecule is CCC(C)(C)C(=O)OC(C)(C)C=CC(C)(C)OC(=O)C(C)(C)CC. The van der Waals surface area contributed by atoms with Crippen molar-refractivity contribution in [3.8, 4) is 0 Å². The molecule has 0 aromatic rings. The summed E-state index contributed by atoms with van der Waals surface area (Å²) in [6, 6.07) is 0. The maximum Gasteiger partial charge on any atom is 0.312 e. The van der Waals surface area contributed by atoms with Crippen molar-refractivity contribution in [1.82, 2.24) is 0 Å². The van der Waals surface area contributed by atoms with Crippen LogP contribution in [0.5, 0.6) is 0 Å². The lowest BCUT2D eigenvalue weighted by molar-refractivity contribution is -0.165. The molecule has 0 radical (unpaired) electrons. The van der Waals surface area contributed by atoms with Gasteiger partial charge in [-0.25, -0.2) is 0 Å². The zero-order valence-electron chi connectivity index (χ0n) is 17.2. The van der Waals surface area contributed by atoms with Gasteiger partial charge in [-0.2, -0.15) is 0 Å². The first-order valence-corrected chi connectivity index (χ1v) is 8.76. The Hall–Kier alpha value is -1.32. The van der Waals surface area contributed by atoms with E-state index >= 15 is 0 Å². The van der Waals surface area contributed by atoms with Crippen LogP contribution in [0.3, 0.4) is 0 Å². The van der Waals surface area contributed by atoms with E-state index in [1.54, 1.807) is 12.2 Å². The summed E-state index contributed by atoms with van der Waals surface area (Å²) in [6.07, 6.45) is 4.98. The van der Waals surface area contributed by atoms with Gasteiger partial charge < -0.3 is 9.47 Å². The first kappa shape index (κ1) is 22.7. The molecule has 0 spiro atoms. The van der Waals surface area contributed by atoms with E-state index in [4.69, 9.17) is 9.47 Å². The van der Waals surface area contributed by atoms with Crippen LogP contribution in [0.1, 0.15) is 82.1 Å². The Bertz CT molecular complexity index is 438. The lowest BCUT2D eigenvalue weighted by atomic mass is 9.90. The largest absolute Gasteiger partial charge is 0.455 e. The summed E-state index contributed by atoms with van der Waals surface area (Å²) in [6.45, 7) is 18.7. The summed E-state index contributed by atoms with van der Waals surface area (Å²) >= 11 is 0. The Balaban J connectivity index is 5.02. The highest BCUT2D eigenvalue weighted by molar-refractivity contribution is 5.77. The van der Waals surface area contributed by atoms with Crippen molar-refractivity contribution >= 4 is 11.9 Å². The molecule has 0 amide bonds. The fourth-order valence-electron chi connectivity index (χ4n) is 1.51. The van der Waals surface area contributed by atoms with Gasteiger partial charge in [0.15, 0.2) is 0 Å². The van der Waals surface area contributed by atoms with E-state index in [1.807, 2.05) is 69.2 Å². The molecular weight excluding hydrogens is 304 g/mol. The lowest BCUT2D eigenvalue weighted by Gasteiger charge is -2.31. The second kappa shape index (κ2) is 7.71. The highest BCUT2D eigenvalue weighted by Gasteiger charge is 2.34. The van der Waals surface area contributed by atoms with Gasteiger partial charge in [0, 0.05) is 0 Å². The molecule has 0 aliphatic rings. The zero-order chi connectivity index (χ0) is 19.4. The molecule has 0 aliphatic carbocycles. The van der Waals surface area contributed by atoms with Crippen molar-refractivity contribution in [2.45, 2.75) is 93.3 Å². The molecule has 0 atom stereocenters. The van der Waals surface area contributed by atoms with Crippen LogP contribution in [0.4, 0.5) is 0 Å². The molecule has 140 valence electrons. The minimum absolute atomic E-state index is 0.235. The van der Waals surface area contributed by atoms with E-state index in [1.165, 1.54) is 0 Å². The monoisotopic (exact) mass is 340 g/mol. The zero-order valence-corrected chi connectivity index (χ0v) is 17.2. The molecule has 0 saturated carbocycles. The van der Waals surface area contributed by atoms with Crippen LogP contribution in [-0.4, -0.2) is 23.1 Å². The minimum atomic E-state index is -0.770. The smallest absolute Gasteiger partial charge is 0.312 e. The topological polar surface area (TPSA) is 52.6 Å². The van der Waals surface area contributed by atoms with E-state index in [2.05, 4.69) is 0 Å². The van der Waals surface area contributed by atoms with Gasteiger partial charge in [-0.15, -0.1) is 0 Å². The van der Waals surface area contributed by atoms with E-state index in [-0.39, 0.29) is 11.9 Å². The maximum absolute atomic E-state index is 12.2. The van der Waals surface area contributed by atoms with Crippen LogP contribution in [0.25, 0.3) is 0 Å². The third-order valence-electron chi connectivity index (χ3n) is 4.47. The van der Waals surface area contributed by atoms with E-state index in [0.717, 1.165) is 0 Å². The van der Waals surface area contributed by atoms with Gasteiger partial charge in [-0.05, 0) is 80.4 Å². The molecular formula is C20H36O4. The van der Waals surface area contributed by atoms with Gasteiger partial charge in [0.05, 0.1) is 10.8 Å². The minimum Gasteiger partial charge on any atom is -0.455 e. The van der Waals surface area contributed by atoms with Crippen LogP contribution < -0.4 is 0 Å². The normalized spacial score (nSPS) is 13.9. The van der Waals surface area contributed by atoms with Crippen molar-refractivity contribution < 1.29 is 19.1 Å². The van der Waals surface area contributed by atoms with Crippen molar-refractivity contribution in [2.75, 3.05) is 0 Å². The van der Waals surface area contributed by atoms with Crippen LogP contribution in [0, 0.1) is 10.8 Å². The molecule has 0 heterocycles. The summed E-state index contributed by atoms with van der Waals surface area (Å²) in [4.78, 5) is 24.5. The van der Waals surface area contributed by atoms with Crippen LogP contribution in [0.2, 0.25) is 0 Å². The van der Waals surface area contributed by atoms with Gasteiger partial charge in [0.2, 0.25) is 0 Å². The first-order valence-electron chi connectivity index (χ1n) is 8.76. The van der Waals surface area contributed by atoms with Crippen molar-refractivity contribution in [3.63, 3.8) is 0 Å². The fraction of sp³-hybridized carbons (Fsp3) is 0.800. The second-order valence-electron chi connectivity index (χ2n) is 8.79. The van der Waals surface area contributed by atoms with Crippen molar-refractivity contribution in [3.05, 3.63) is 12.2 Å². The summed E-state index contributed by atoms with van der Waals surface area (Å²) in [5.41, 5.74) is -2.57. The van der Waals surface area contributed by atoms with Gasteiger partial charge in [0.25, 0.3) is 0 Å². The number of hydrogen-bond donors (Lipinski definition) is 0. The molecule has 0 aromatic carbocycles. The third kappa shape index (κ3) is 7.06. The maximum atomic E-state index is 12.2. The molecule has 0 rings (SSSR count). The third-order valence-corrected chi connectivity index (χ3v) is 4.47. The lowest BCUT2D eigenvalue weighted by Crippen LogP contribution is -2.36. The Kier molecular flexibility index (Phi) is 7.29. The Morgan fingerprint density at radius 3 is 1.12 bits per heavy atom. The Labute approximate surface area is 148 Å². The van der Waals surface area contributed by atoms with E-state index in [0.29, 0.717) is 12.8 Å². The Morgan fingerprint density at radius 1 is 0.667 bits per heavy atom. The van der Waals surface area contributed by atoms with Gasteiger partial charge in [-0.3, -0.25) is 9.59 Å². The molecule has 0 N–H and O–H groups in total. The number of carbonyl (C=O) groups excluding carboxylic acids is 2. The molecule has 0 unspecified atom stereocenters. The highest BCUT2D eigenvalue weighted by atomic mass is 16.6. The standard InChI is InChI=1S/C20H36O4/c1-11-17(3,4)15(21)23-19(7,8)13-14-20(9,10)24-16(22)18(5,6)12-2/h13-14H,11-12H2,1-10H3.